The predicted octanol–water partition coefficient (Wildman–Crippen LogP) is 2.78. The van der Waals surface area contributed by atoms with Crippen LogP contribution in [0.1, 0.15) is 27.2 Å². The van der Waals surface area contributed by atoms with Crippen molar-refractivity contribution in [1.82, 2.24) is 20.0 Å². The highest BCUT2D eigenvalue weighted by Gasteiger charge is 2.25. The van der Waals surface area contributed by atoms with Gasteiger partial charge in [-0.2, -0.15) is 0 Å². The summed E-state index contributed by atoms with van der Waals surface area (Å²) in [7, 11) is 0. The Balaban J connectivity index is 1.82. The van der Waals surface area contributed by atoms with Crippen molar-refractivity contribution in [2.24, 2.45) is 0 Å². The fraction of sp³-hybridized carbons (Fsp3) is 0.353. The van der Waals surface area contributed by atoms with Crippen LogP contribution in [0, 0.1) is 5.82 Å². The molecule has 0 radical (unpaired) electrons. The first kappa shape index (κ1) is 20.5. The summed E-state index contributed by atoms with van der Waals surface area (Å²) in [6.45, 7) is 5.16. The minimum Gasteiger partial charge on any atom is -0.473 e. The summed E-state index contributed by atoms with van der Waals surface area (Å²) in [6, 6.07) is 3.61. The van der Waals surface area contributed by atoms with Crippen molar-refractivity contribution in [1.29, 1.82) is 0 Å². The van der Waals surface area contributed by atoms with E-state index in [9.17, 15) is 14.0 Å². The Morgan fingerprint density at radius 3 is 2.72 bits per heavy atom. The van der Waals surface area contributed by atoms with E-state index in [0.717, 1.165) is 10.6 Å². The molecular weight excluding hydrogens is 411 g/mol. The first-order chi connectivity index (χ1) is 13.7. The summed E-state index contributed by atoms with van der Waals surface area (Å²) < 4.78 is 34.3. The number of benzene rings is 1. The van der Waals surface area contributed by atoms with Crippen molar-refractivity contribution in [2.45, 2.75) is 32.8 Å². The molecule has 154 valence electrons. The van der Waals surface area contributed by atoms with E-state index < -0.39 is 23.1 Å². The second-order valence-corrected chi connectivity index (χ2v) is 7.22. The summed E-state index contributed by atoms with van der Waals surface area (Å²) >= 11 is 5.78. The Hall–Kier alpha value is -3.21. The highest BCUT2D eigenvalue weighted by Crippen LogP contribution is 2.27. The SMILES string of the molecule is CC(C)(C)OC(=O)CCOc1nonc1-c1noc(=O)n1-c1ccc(F)c(Cl)c1. The Labute approximate surface area is 168 Å². The van der Waals surface area contributed by atoms with Gasteiger partial charge in [0.05, 0.1) is 17.1 Å². The van der Waals surface area contributed by atoms with Gasteiger partial charge in [-0.1, -0.05) is 16.8 Å². The van der Waals surface area contributed by atoms with Crippen molar-refractivity contribution in [3.8, 4) is 23.1 Å². The quantitative estimate of drug-likeness (QED) is 0.547. The number of hydrogen-bond acceptors (Lipinski definition) is 9. The van der Waals surface area contributed by atoms with E-state index >= 15 is 0 Å². The molecule has 1 aromatic carbocycles. The zero-order valence-electron chi connectivity index (χ0n) is 15.6. The lowest BCUT2D eigenvalue weighted by Crippen LogP contribution is -2.24. The van der Waals surface area contributed by atoms with Gasteiger partial charge in [0.15, 0.2) is 0 Å². The number of aromatic nitrogens is 4. The second-order valence-electron chi connectivity index (χ2n) is 6.81. The molecule has 0 saturated carbocycles. The molecule has 2 aromatic heterocycles. The number of carbonyl (C=O) groups excluding carboxylic acids is 1. The number of nitrogens with zero attached hydrogens (tertiary/aromatic N) is 4. The molecule has 0 atom stereocenters. The van der Waals surface area contributed by atoms with Crippen LogP contribution < -0.4 is 10.5 Å². The van der Waals surface area contributed by atoms with Gasteiger partial charge in [0.25, 0.3) is 5.88 Å². The van der Waals surface area contributed by atoms with Crippen LogP contribution in [-0.4, -0.2) is 38.2 Å². The molecule has 0 amide bonds. The first-order valence-electron chi connectivity index (χ1n) is 8.37. The van der Waals surface area contributed by atoms with Crippen LogP contribution in [0.25, 0.3) is 17.2 Å². The second kappa shape index (κ2) is 8.03. The summed E-state index contributed by atoms with van der Waals surface area (Å²) in [6.07, 6.45) is -0.0528. The maximum Gasteiger partial charge on any atom is 0.446 e. The zero-order valence-corrected chi connectivity index (χ0v) is 16.4. The van der Waals surface area contributed by atoms with Gasteiger partial charge in [-0.15, -0.1) is 0 Å². The van der Waals surface area contributed by atoms with Gasteiger partial charge in [0.1, 0.15) is 18.0 Å². The van der Waals surface area contributed by atoms with Crippen LogP contribution in [0.5, 0.6) is 5.88 Å². The molecule has 12 heteroatoms. The van der Waals surface area contributed by atoms with Gasteiger partial charge < -0.3 is 9.47 Å². The van der Waals surface area contributed by atoms with Crippen molar-refractivity contribution in [3.63, 3.8) is 0 Å². The molecule has 0 unspecified atom stereocenters. The lowest BCUT2D eigenvalue weighted by Gasteiger charge is -2.19. The van der Waals surface area contributed by atoms with Gasteiger partial charge in [0.2, 0.25) is 11.5 Å². The van der Waals surface area contributed by atoms with Gasteiger partial charge in [-0.05, 0) is 49.3 Å². The van der Waals surface area contributed by atoms with Crippen LogP contribution >= 0.6 is 11.6 Å². The van der Waals surface area contributed by atoms with Crippen LogP contribution in [0.3, 0.4) is 0 Å². The van der Waals surface area contributed by atoms with E-state index in [2.05, 4.69) is 24.6 Å². The van der Waals surface area contributed by atoms with E-state index in [-0.39, 0.29) is 41.1 Å². The molecule has 29 heavy (non-hydrogen) atoms. The number of ether oxygens (including phenoxy) is 2. The third-order valence-electron chi connectivity index (χ3n) is 3.40. The third-order valence-corrected chi connectivity index (χ3v) is 3.69. The third kappa shape index (κ3) is 4.80. The zero-order chi connectivity index (χ0) is 21.2. The maximum atomic E-state index is 13.4. The molecule has 0 N–H and O–H groups in total. The molecule has 0 spiro atoms. The summed E-state index contributed by atoms with van der Waals surface area (Å²) in [5.74, 6) is -2.22. The Morgan fingerprint density at radius 2 is 2.03 bits per heavy atom. The van der Waals surface area contributed by atoms with Crippen LogP contribution in [-0.2, 0) is 9.53 Å². The first-order valence-corrected chi connectivity index (χ1v) is 8.75. The molecule has 0 aliphatic heterocycles. The van der Waals surface area contributed by atoms with Crippen molar-refractivity contribution < 1.29 is 27.8 Å². The fourth-order valence-corrected chi connectivity index (χ4v) is 2.46. The minimum atomic E-state index is -0.870. The van der Waals surface area contributed by atoms with Gasteiger partial charge >= 0.3 is 11.7 Å². The molecule has 0 fully saturated rings. The largest absolute Gasteiger partial charge is 0.473 e. The molecule has 0 aliphatic rings. The van der Waals surface area contributed by atoms with Crippen LogP contribution in [0.4, 0.5) is 4.39 Å². The number of carbonyl (C=O) groups is 1. The van der Waals surface area contributed by atoms with Crippen molar-refractivity contribution >= 4 is 17.6 Å². The molecule has 3 rings (SSSR count). The van der Waals surface area contributed by atoms with E-state index in [0.29, 0.717) is 0 Å². The lowest BCUT2D eigenvalue weighted by atomic mass is 10.2. The smallest absolute Gasteiger partial charge is 0.446 e. The van der Waals surface area contributed by atoms with E-state index in [4.69, 9.17) is 21.1 Å². The van der Waals surface area contributed by atoms with Gasteiger partial charge in [-0.25, -0.2) is 18.4 Å². The summed E-state index contributed by atoms with van der Waals surface area (Å²) in [4.78, 5) is 23.9. The van der Waals surface area contributed by atoms with Crippen LogP contribution in [0.15, 0.2) is 32.1 Å². The minimum absolute atomic E-state index is 0.0528. The maximum absolute atomic E-state index is 13.4. The molecule has 10 nitrogen and oxygen atoms in total. The molecule has 3 aromatic rings. The monoisotopic (exact) mass is 426 g/mol. The molecular formula is C17H16ClFN4O6. The number of hydrogen-bond donors (Lipinski definition) is 0. The highest BCUT2D eigenvalue weighted by molar-refractivity contribution is 6.30. The Bertz CT molecular complexity index is 1080. The number of rotatable bonds is 6. The summed E-state index contributed by atoms with van der Waals surface area (Å²) in [5.41, 5.74) is -0.494. The van der Waals surface area contributed by atoms with E-state index in [1.165, 1.54) is 12.1 Å². The van der Waals surface area contributed by atoms with E-state index in [1.807, 2.05) is 0 Å². The van der Waals surface area contributed by atoms with Crippen molar-refractivity contribution in [3.05, 3.63) is 39.6 Å². The van der Waals surface area contributed by atoms with E-state index in [1.54, 1.807) is 20.8 Å². The standard InChI is InChI=1S/C17H16ClFN4O6/c1-17(2,3)27-12(24)6-7-26-15-13(20-29-22-15)14-21-28-16(25)23(14)9-4-5-11(19)10(18)8-9/h4-5,8H,6-7H2,1-3H3. The Morgan fingerprint density at radius 1 is 1.28 bits per heavy atom. The highest BCUT2D eigenvalue weighted by atomic mass is 35.5. The number of esters is 1. The average molecular weight is 427 g/mol. The molecule has 0 aliphatic carbocycles. The molecule has 0 bridgehead atoms. The van der Waals surface area contributed by atoms with Crippen molar-refractivity contribution in [2.75, 3.05) is 6.61 Å². The average Bonchev–Trinajstić information content (AvgIpc) is 3.22. The topological polar surface area (TPSA) is 122 Å². The molecule has 0 saturated heterocycles. The Kier molecular flexibility index (Phi) is 5.69. The van der Waals surface area contributed by atoms with Crippen LogP contribution in [0.2, 0.25) is 5.02 Å². The lowest BCUT2D eigenvalue weighted by molar-refractivity contribution is -0.155. The normalized spacial score (nSPS) is 11.5. The fourth-order valence-electron chi connectivity index (χ4n) is 2.29. The summed E-state index contributed by atoms with van der Waals surface area (Å²) in [5, 5.41) is 10.7. The van der Waals surface area contributed by atoms with Gasteiger partial charge in [-0.3, -0.25) is 9.32 Å². The molecule has 2 heterocycles. The number of halogens is 2. The predicted molar refractivity (Wildman–Crippen MR) is 96.3 cm³/mol. The van der Waals surface area contributed by atoms with Gasteiger partial charge in [0, 0.05) is 0 Å².